The van der Waals surface area contributed by atoms with E-state index < -0.39 is 11.8 Å². The summed E-state index contributed by atoms with van der Waals surface area (Å²) < 4.78 is 3.09. The molecule has 1 N–H and O–H groups in total. The van der Waals surface area contributed by atoms with Crippen LogP contribution in [0.4, 0.5) is 5.69 Å². The van der Waals surface area contributed by atoms with Crippen molar-refractivity contribution in [2.45, 2.75) is 13.8 Å². The van der Waals surface area contributed by atoms with E-state index in [0.29, 0.717) is 11.3 Å². The minimum Gasteiger partial charge on any atom is -0.295 e. The molecule has 4 rings (SSSR count). The topological polar surface area (TPSA) is 76.3 Å². The highest BCUT2D eigenvalue weighted by Gasteiger charge is 2.34. The Hall–Kier alpha value is -3.61. The molecule has 0 radical (unpaired) electrons. The van der Waals surface area contributed by atoms with Gasteiger partial charge in [0.1, 0.15) is 5.57 Å². The predicted octanol–water partition coefficient (Wildman–Crippen LogP) is 1.96. The van der Waals surface area contributed by atoms with Gasteiger partial charge in [-0.25, -0.2) is 9.80 Å². The highest BCUT2D eigenvalue weighted by Crippen LogP contribution is 2.24. The molecule has 1 aromatic heterocycles. The average molecular weight is 376 g/mol. The Morgan fingerprint density at radius 3 is 2.29 bits per heavy atom. The largest absolute Gasteiger partial charge is 0.328 e. The van der Waals surface area contributed by atoms with Crippen LogP contribution in [0.1, 0.15) is 16.7 Å². The van der Waals surface area contributed by atoms with Crippen molar-refractivity contribution >= 4 is 34.6 Å². The van der Waals surface area contributed by atoms with Crippen molar-refractivity contribution in [1.82, 2.24) is 14.6 Å². The molecule has 1 saturated heterocycles. The van der Waals surface area contributed by atoms with Crippen LogP contribution in [-0.4, -0.2) is 20.9 Å². The van der Waals surface area contributed by atoms with E-state index in [1.807, 2.05) is 32.0 Å². The number of imidazole rings is 1. The molecule has 7 nitrogen and oxygen atoms in total. The molecule has 0 aliphatic carbocycles. The third-order valence-electron chi connectivity index (χ3n) is 5.25. The molecule has 142 valence electrons. The zero-order valence-corrected chi connectivity index (χ0v) is 16.1. The van der Waals surface area contributed by atoms with Crippen LogP contribution in [0.3, 0.4) is 0 Å². The fourth-order valence-electron chi connectivity index (χ4n) is 3.38. The molecule has 3 aromatic rings. The Balaban J connectivity index is 1.73. The summed E-state index contributed by atoms with van der Waals surface area (Å²) in [5, 5.41) is 1.26. The van der Waals surface area contributed by atoms with Gasteiger partial charge in [0.25, 0.3) is 11.8 Å². The van der Waals surface area contributed by atoms with E-state index in [0.717, 1.165) is 22.2 Å². The van der Waals surface area contributed by atoms with Gasteiger partial charge < -0.3 is 0 Å². The van der Waals surface area contributed by atoms with E-state index in [-0.39, 0.29) is 11.3 Å². The molecule has 0 atom stereocenters. The summed E-state index contributed by atoms with van der Waals surface area (Å²) in [4.78, 5) is 37.3. The summed E-state index contributed by atoms with van der Waals surface area (Å²) in [6.07, 6.45) is 1.55. The molecular formula is C21H20N4O3. The lowest BCUT2D eigenvalue weighted by Crippen LogP contribution is -2.35. The molecule has 1 fully saturated rings. The first-order valence-electron chi connectivity index (χ1n) is 8.88. The molecule has 7 heteroatoms. The zero-order valence-electron chi connectivity index (χ0n) is 16.1. The van der Waals surface area contributed by atoms with Crippen LogP contribution in [0.25, 0.3) is 17.1 Å². The first-order valence-corrected chi connectivity index (χ1v) is 8.88. The van der Waals surface area contributed by atoms with Crippen molar-refractivity contribution in [1.29, 1.82) is 0 Å². The highest BCUT2D eigenvalue weighted by atomic mass is 16.2. The van der Waals surface area contributed by atoms with Gasteiger partial charge in [-0.1, -0.05) is 12.1 Å². The summed E-state index contributed by atoms with van der Waals surface area (Å²) in [5.74, 6) is -0.861. The summed E-state index contributed by atoms with van der Waals surface area (Å²) in [6, 6.07) is 11.0. The molecule has 0 unspecified atom stereocenters. The molecule has 1 aliphatic rings. The third kappa shape index (κ3) is 2.63. The summed E-state index contributed by atoms with van der Waals surface area (Å²) in [5.41, 5.74) is 7.50. The van der Waals surface area contributed by atoms with Gasteiger partial charge >= 0.3 is 5.69 Å². The number of benzene rings is 2. The maximum atomic E-state index is 12.8. The SMILES string of the molecule is Cc1ccc(N2NC(=O)C(=Cc3ccc4c(c3)n(C)c(=O)n4C)C2=O)cc1C. The van der Waals surface area contributed by atoms with Gasteiger partial charge in [0.2, 0.25) is 0 Å². The lowest BCUT2D eigenvalue weighted by atomic mass is 10.1. The van der Waals surface area contributed by atoms with Crippen LogP contribution in [0.2, 0.25) is 0 Å². The molecule has 0 bridgehead atoms. The first-order chi connectivity index (χ1) is 13.3. The van der Waals surface area contributed by atoms with Gasteiger partial charge in [0.05, 0.1) is 16.7 Å². The second-order valence-electron chi connectivity index (χ2n) is 7.06. The minimum absolute atomic E-state index is 0.0542. The Morgan fingerprint density at radius 1 is 0.857 bits per heavy atom. The second kappa shape index (κ2) is 6.23. The molecule has 2 amide bonds. The number of hydrogen-bond donors (Lipinski definition) is 1. The number of hydrogen-bond acceptors (Lipinski definition) is 3. The van der Waals surface area contributed by atoms with E-state index in [1.54, 1.807) is 42.9 Å². The first kappa shape index (κ1) is 17.8. The van der Waals surface area contributed by atoms with Crippen molar-refractivity contribution in [3.05, 3.63) is 69.1 Å². The van der Waals surface area contributed by atoms with Crippen LogP contribution in [-0.2, 0) is 23.7 Å². The van der Waals surface area contributed by atoms with E-state index >= 15 is 0 Å². The molecule has 2 heterocycles. The van der Waals surface area contributed by atoms with Crippen LogP contribution >= 0.6 is 0 Å². The van der Waals surface area contributed by atoms with E-state index in [1.165, 1.54) is 9.58 Å². The molecule has 1 aliphatic heterocycles. The van der Waals surface area contributed by atoms with Crippen molar-refractivity contribution in [2.75, 3.05) is 5.01 Å². The zero-order chi connectivity index (χ0) is 20.2. The Labute approximate surface area is 161 Å². The smallest absolute Gasteiger partial charge is 0.295 e. The Kier molecular flexibility index (Phi) is 3.96. The number of nitrogens with zero attached hydrogens (tertiary/aromatic N) is 3. The van der Waals surface area contributed by atoms with Crippen molar-refractivity contribution in [2.24, 2.45) is 14.1 Å². The van der Waals surface area contributed by atoms with Crippen LogP contribution < -0.4 is 16.1 Å². The Bertz CT molecular complexity index is 1250. The van der Waals surface area contributed by atoms with E-state index in [2.05, 4.69) is 5.43 Å². The number of carbonyl (C=O) groups excluding carboxylic acids is 2. The van der Waals surface area contributed by atoms with Gasteiger partial charge in [0.15, 0.2) is 0 Å². The molecule has 28 heavy (non-hydrogen) atoms. The van der Waals surface area contributed by atoms with Gasteiger partial charge in [-0.05, 0) is 60.9 Å². The van der Waals surface area contributed by atoms with Crippen molar-refractivity contribution in [3.63, 3.8) is 0 Å². The van der Waals surface area contributed by atoms with Crippen molar-refractivity contribution in [3.8, 4) is 0 Å². The van der Waals surface area contributed by atoms with Gasteiger partial charge in [-0.3, -0.25) is 24.1 Å². The molecule has 2 aromatic carbocycles. The normalized spacial score (nSPS) is 15.7. The number of aromatic nitrogens is 2. The quantitative estimate of drug-likeness (QED) is 0.549. The van der Waals surface area contributed by atoms with Gasteiger partial charge in [-0.2, -0.15) is 0 Å². The van der Waals surface area contributed by atoms with Gasteiger partial charge in [-0.15, -0.1) is 0 Å². The summed E-state index contributed by atoms with van der Waals surface area (Å²) in [6.45, 7) is 3.94. The number of nitrogens with one attached hydrogen (secondary N) is 1. The lowest BCUT2D eigenvalue weighted by Gasteiger charge is -2.15. The number of rotatable bonds is 2. The van der Waals surface area contributed by atoms with E-state index in [4.69, 9.17) is 0 Å². The highest BCUT2D eigenvalue weighted by molar-refractivity contribution is 6.31. The van der Waals surface area contributed by atoms with E-state index in [9.17, 15) is 14.4 Å². The number of carbonyl (C=O) groups is 2. The number of hydrazine groups is 1. The van der Waals surface area contributed by atoms with Crippen LogP contribution in [0.15, 0.2) is 46.8 Å². The average Bonchev–Trinajstić information content (AvgIpc) is 3.07. The minimum atomic E-state index is -0.453. The second-order valence-corrected chi connectivity index (χ2v) is 7.06. The summed E-state index contributed by atoms with van der Waals surface area (Å²) in [7, 11) is 3.40. The molecule has 0 saturated carbocycles. The standard InChI is InChI=1S/C21H20N4O3/c1-12-5-7-15(9-13(12)2)25-20(27)16(19(26)22-25)10-14-6-8-17-18(11-14)24(4)21(28)23(17)3/h5-11H,1-4H3,(H,22,26). The molecular weight excluding hydrogens is 356 g/mol. The fraction of sp³-hybridized carbons (Fsp3) is 0.190. The number of fused-ring (bicyclic) bond motifs is 1. The van der Waals surface area contributed by atoms with Crippen LogP contribution in [0, 0.1) is 13.8 Å². The fourth-order valence-corrected chi connectivity index (χ4v) is 3.38. The van der Waals surface area contributed by atoms with Crippen LogP contribution in [0.5, 0.6) is 0 Å². The lowest BCUT2D eigenvalue weighted by molar-refractivity contribution is -0.117. The molecule has 0 spiro atoms. The third-order valence-corrected chi connectivity index (χ3v) is 5.25. The maximum absolute atomic E-state index is 12.8. The number of anilines is 1. The number of amides is 2. The summed E-state index contributed by atoms with van der Waals surface area (Å²) >= 11 is 0. The number of aryl methyl sites for hydroxylation is 4. The monoisotopic (exact) mass is 376 g/mol. The Morgan fingerprint density at radius 2 is 1.57 bits per heavy atom. The maximum Gasteiger partial charge on any atom is 0.328 e. The predicted molar refractivity (Wildman–Crippen MR) is 108 cm³/mol. The van der Waals surface area contributed by atoms with Crippen molar-refractivity contribution < 1.29 is 9.59 Å². The van der Waals surface area contributed by atoms with Gasteiger partial charge in [0, 0.05) is 14.1 Å².